The van der Waals surface area contributed by atoms with Crippen LogP contribution in [0.15, 0.2) is 0 Å². The molecule has 0 aliphatic heterocycles. The monoisotopic (exact) mass is 233 g/mol. The van der Waals surface area contributed by atoms with Gasteiger partial charge in [0.05, 0.1) is 17.0 Å². The summed E-state index contributed by atoms with van der Waals surface area (Å²) in [4.78, 5) is 0. The summed E-state index contributed by atoms with van der Waals surface area (Å²) in [6.07, 6.45) is 4.17. The van der Waals surface area contributed by atoms with E-state index in [0.717, 1.165) is 50.0 Å². The van der Waals surface area contributed by atoms with E-state index in [-0.39, 0.29) is 0 Å². The Morgan fingerprint density at radius 2 is 2.06 bits per heavy atom. The standard InChI is InChI=1S/C14H23N3/c1-4-11-17-13(3)14(12(2)16-17)9-7-5-6-8-10-15/h4-6,8,10-11,15H2,1-3H3. The van der Waals surface area contributed by atoms with Crippen molar-refractivity contribution in [3.63, 3.8) is 0 Å². The van der Waals surface area contributed by atoms with E-state index in [9.17, 15) is 0 Å². The van der Waals surface area contributed by atoms with Crippen molar-refractivity contribution in [3.05, 3.63) is 17.0 Å². The predicted octanol–water partition coefficient (Wildman–Crippen LogP) is 2.39. The number of hydrogen-bond donors (Lipinski definition) is 1. The van der Waals surface area contributed by atoms with Crippen LogP contribution in [0.3, 0.4) is 0 Å². The summed E-state index contributed by atoms with van der Waals surface area (Å²) in [5, 5.41) is 4.51. The molecule has 0 aliphatic rings. The molecular formula is C14H23N3. The van der Waals surface area contributed by atoms with Crippen molar-refractivity contribution in [2.75, 3.05) is 6.54 Å². The Morgan fingerprint density at radius 3 is 2.71 bits per heavy atom. The third-order valence-electron chi connectivity index (χ3n) is 2.79. The van der Waals surface area contributed by atoms with Crippen LogP contribution in [0.1, 0.15) is 49.6 Å². The average molecular weight is 233 g/mol. The highest BCUT2D eigenvalue weighted by Gasteiger charge is 2.07. The lowest BCUT2D eigenvalue weighted by Gasteiger charge is -2.00. The van der Waals surface area contributed by atoms with Gasteiger partial charge in [0, 0.05) is 13.0 Å². The van der Waals surface area contributed by atoms with E-state index in [1.165, 1.54) is 5.69 Å². The fraction of sp³-hybridized carbons (Fsp3) is 0.643. The molecule has 0 radical (unpaired) electrons. The fourth-order valence-corrected chi connectivity index (χ4v) is 1.82. The number of hydrogen-bond acceptors (Lipinski definition) is 2. The van der Waals surface area contributed by atoms with Crippen molar-refractivity contribution in [2.45, 2.75) is 53.0 Å². The SMILES string of the molecule is CCCn1nc(C)c(C#CCCCCN)c1C. The number of aryl methyl sites for hydroxylation is 2. The first kappa shape index (κ1) is 13.8. The van der Waals surface area contributed by atoms with E-state index in [1.807, 2.05) is 6.92 Å². The molecule has 94 valence electrons. The predicted molar refractivity (Wildman–Crippen MR) is 71.8 cm³/mol. The van der Waals surface area contributed by atoms with Gasteiger partial charge in [0.1, 0.15) is 0 Å². The summed E-state index contributed by atoms with van der Waals surface area (Å²) in [5.41, 5.74) is 8.78. The van der Waals surface area contributed by atoms with E-state index in [4.69, 9.17) is 5.73 Å². The second-order valence-corrected chi connectivity index (χ2v) is 4.32. The van der Waals surface area contributed by atoms with Crippen molar-refractivity contribution >= 4 is 0 Å². The van der Waals surface area contributed by atoms with Gasteiger partial charge in [-0.3, -0.25) is 4.68 Å². The average Bonchev–Trinajstić information content (AvgIpc) is 2.56. The molecule has 0 aromatic carbocycles. The number of rotatable bonds is 5. The maximum atomic E-state index is 5.45. The lowest BCUT2D eigenvalue weighted by Crippen LogP contribution is -2.01. The van der Waals surface area contributed by atoms with Gasteiger partial charge in [-0.1, -0.05) is 18.8 Å². The maximum Gasteiger partial charge on any atom is 0.0753 e. The van der Waals surface area contributed by atoms with Crippen molar-refractivity contribution in [1.82, 2.24) is 9.78 Å². The van der Waals surface area contributed by atoms with Crippen LogP contribution in [0, 0.1) is 25.7 Å². The fourth-order valence-electron chi connectivity index (χ4n) is 1.82. The third kappa shape index (κ3) is 3.90. The first-order valence-electron chi connectivity index (χ1n) is 6.43. The molecule has 1 rings (SSSR count). The van der Waals surface area contributed by atoms with Gasteiger partial charge in [-0.2, -0.15) is 5.10 Å². The highest BCUT2D eigenvalue weighted by molar-refractivity contribution is 5.41. The number of nitrogens with zero attached hydrogens (tertiary/aromatic N) is 2. The lowest BCUT2D eigenvalue weighted by atomic mass is 10.2. The molecule has 0 unspecified atom stereocenters. The first-order valence-corrected chi connectivity index (χ1v) is 6.43. The molecule has 0 amide bonds. The van der Waals surface area contributed by atoms with E-state index in [1.54, 1.807) is 0 Å². The van der Waals surface area contributed by atoms with E-state index < -0.39 is 0 Å². The number of nitrogens with two attached hydrogens (primary N) is 1. The van der Waals surface area contributed by atoms with Crippen LogP contribution in [0.25, 0.3) is 0 Å². The van der Waals surface area contributed by atoms with E-state index >= 15 is 0 Å². The van der Waals surface area contributed by atoms with Gasteiger partial charge in [0.15, 0.2) is 0 Å². The molecular weight excluding hydrogens is 210 g/mol. The first-order chi connectivity index (χ1) is 8.20. The molecule has 0 saturated carbocycles. The molecule has 1 aromatic heterocycles. The second kappa shape index (κ2) is 7.13. The van der Waals surface area contributed by atoms with Gasteiger partial charge in [0.2, 0.25) is 0 Å². The van der Waals surface area contributed by atoms with E-state index in [0.29, 0.717) is 0 Å². The Morgan fingerprint density at radius 1 is 1.29 bits per heavy atom. The van der Waals surface area contributed by atoms with Crippen LogP contribution in [-0.4, -0.2) is 16.3 Å². The summed E-state index contributed by atoms with van der Waals surface area (Å²) in [5.74, 6) is 6.46. The highest BCUT2D eigenvalue weighted by Crippen LogP contribution is 2.12. The minimum Gasteiger partial charge on any atom is -0.330 e. The van der Waals surface area contributed by atoms with Gasteiger partial charge in [-0.25, -0.2) is 0 Å². The van der Waals surface area contributed by atoms with Gasteiger partial charge in [0.25, 0.3) is 0 Å². The van der Waals surface area contributed by atoms with Crippen LogP contribution in [0.5, 0.6) is 0 Å². The van der Waals surface area contributed by atoms with E-state index in [2.05, 4.69) is 35.5 Å². The van der Waals surface area contributed by atoms with Gasteiger partial charge in [-0.15, -0.1) is 0 Å². The molecule has 0 fully saturated rings. The Hall–Kier alpha value is -1.27. The normalized spacial score (nSPS) is 10.1. The number of unbranched alkanes of at least 4 members (excludes halogenated alkanes) is 2. The molecule has 0 aliphatic carbocycles. The molecule has 17 heavy (non-hydrogen) atoms. The topological polar surface area (TPSA) is 43.8 Å². The van der Waals surface area contributed by atoms with Crippen LogP contribution in [0.2, 0.25) is 0 Å². The maximum absolute atomic E-state index is 5.45. The van der Waals surface area contributed by atoms with Crippen molar-refractivity contribution in [3.8, 4) is 11.8 Å². The Kier molecular flexibility index (Phi) is 5.79. The molecule has 0 atom stereocenters. The Bertz CT molecular complexity index is 407. The van der Waals surface area contributed by atoms with Gasteiger partial charge < -0.3 is 5.73 Å². The Balaban J connectivity index is 2.70. The van der Waals surface area contributed by atoms with Gasteiger partial charge >= 0.3 is 0 Å². The lowest BCUT2D eigenvalue weighted by molar-refractivity contribution is 0.583. The van der Waals surface area contributed by atoms with Gasteiger partial charge in [-0.05, 0) is 39.7 Å². The van der Waals surface area contributed by atoms with Crippen LogP contribution in [-0.2, 0) is 6.54 Å². The third-order valence-corrected chi connectivity index (χ3v) is 2.79. The molecule has 0 bridgehead atoms. The summed E-state index contributed by atoms with van der Waals surface area (Å²) in [6.45, 7) is 8.02. The van der Waals surface area contributed by atoms with Crippen molar-refractivity contribution in [1.29, 1.82) is 0 Å². The van der Waals surface area contributed by atoms with Crippen LogP contribution in [0.4, 0.5) is 0 Å². The van der Waals surface area contributed by atoms with Crippen molar-refractivity contribution < 1.29 is 0 Å². The Labute approximate surface area is 104 Å². The zero-order valence-corrected chi connectivity index (χ0v) is 11.2. The molecule has 0 saturated heterocycles. The molecule has 3 heteroatoms. The minimum atomic E-state index is 0.758. The zero-order chi connectivity index (χ0) is 12.7. The summed E-state index contributed by atoms with van der Waals surface area (Å²) in [7, 11) is 0. The minimum absolute atomic E-state index is 0.758. The summed E-state index contributed by atoms with van der Waals surface area (Å²) < 4.78 is 2.05. The summed E-state index contributed by atoms with van der Waals surface area (Å²) in [6, 6.07) is 0. The summed E-state index contributed by atoms with van der Waals surface area (Å²) >= 11 is 0. The van der Waals surface area contributed by atoms with Crippen LogP contribution >= 0.6 is 0 Å². The molecule has 1 aromatic rings. The molecule has 3 nitrogen and oxygen atoms in total. The second-order valence-electron chi connectivity index (χ2n) is 4.32. The molecule has 0 spiro atoms. The largest absolute Gasteiger partial charge is 0.330 e. The number of aromatic nitrogens is 2. The molecule has 2 N–H and O–H groups in total. The highest BCUT2D eigenvalue weighted by atomic mass is 15.3. The smallest absolute Gasteiger partial charge is 0.0753 e. The van der Waals surface area contributed by atoms with Crippen LogP contribution < -0.4 is 5.73 Å². The molecule has 1 heterocycles. The quantitative estimate of drug-likeness (QED) is 0.627. The van der Waals surface area contributed by atoms with Crippen molar-refractivity contribution in [2.24, 2.45) is 5.73 Å². The zero-order valence-electron chi connectivity index (χ0n) is 11.2.